The Morgan fingerprint density at radius 1 is 1.37 bits per heavy atom. The van der Waals surface area contributed by atoms with Gasteiger partial charge in [0.05, 0.1) is 10.6 Å². The van der Waals surface area contributed by atoms with Gasteiger partial charge in [0, 0.05) is 24.1 Å². The van der Waals surface area contributed by atoms with Crippen LogP contribution in [0.1, 0.15) is 13.8 Å². The largest absolute Gasteiger partial charge is 0.350 e. The van der Waals surface area contributed by atoms with Crippen LogP contribution in [0.3, 0.4) is 0 Å². The quantitative estimate of drug-likeness (QED) is 0.842. The lowest BCUT2D eigenvalue weighted by Gasteiger charge is -2.26. The summed E-state index contributed by atoms with van der Waals surface area (Å²) in [5.74, 6) is -0.388. The second-order valence-corrected chi connectivity index (χ2v) is 5.69. The second kappa shape index (κ2) is 5.48. The molecular weight excluding hydrogens is 260 g/mol. The number of amides is 2. The van der Waals surface area contributed by atoms with Crippen molar-refractivity contribution in [1.82, 2.24) is 5.32 Å². The number of anilines is 1. The van der Waals surface area contributed by atoms with Crippen molar-refractivity contribution in [2.75, 3.05) is 11.9 Å². The van der Waals surface area contributed by atoms with Crippen molar-refractivity contribution in [3.05, 3.63) is 35.2 Å². The highest BCUT2D eigenvalue weighted by Crippen LogP contribution is 2.40. The van der Waals surface area contributed by atoms with Gasteiger partial charge >= 0.3 is 0 Å². The van der Waals surface area contributed by atoms with Gasteiger partial charge in [0.1, 0.15) is 0 Å². The zero-order valence-electron chi connectivity index (χ0n) is 11.1. The molecule has 0 aromatic heterocycles. The van der Waals surface area contributed by atoms with E-state index in [1.807, 2.05) is 38.1 Å². The van der Waals surface area contributed by atoms with E-state index in [4.69, 9.17) is 0 Å². The Morgan fingerprint density at radius 3 is 2.74 bits per heavy atom. The summed E-state index contributed by atoms with van der Waals surface area (Å²) in [6.07, 6.45) is 1.37. The van der Waals surface area contributed by atoms with E-state index < -0.39 is 0 Å². The van der Waals surface area contributed by atoms with Crippen molar-refractivity contribution in [3.63, 3.8) is 0 Å². The van der Waals surface area contributed by atoms with Crippen LogP contribution in [0, 0.1) is 0 Å². The minimum absolute atomic E-state index is 0.0538. The van der Waals surface area contributed by atoms with Gasteiger partial charge in [0.25, 0.3) is 5.91 Å². The molecule has 0 saturated heterocycles. The molecule has 0 aliphatic carbocycles. The fourth-order valence-electron chi connectivity index (χ4n) is 1.79. The molecule has 0 atom stereocenters. The Hall–Kier alpha value is -1.75. The van der Waals surface area contributed by atoms with Crippen LogP contribution in [0.15, 0.2) is 40.1 Å². The number of thioether (sulfide) groups is 1. The Bertz CT molecular complexity index is 552. The summed E-state index contributed by atoms with van der Waals surface area (Å²) in [6, 6.07) is 7.70. The SMILES string of the molecule is CC(C)NC(=O)/C=C1/Sc2ccccc2N(C)C1=O. The average Bonchev–Trinajstić information content (AvgIpc) is 2.34. The number of likely N-dealkylation sites (N-methyl/N-ethyl adjacent to an activating group) is 1. The van der Waals surface area contributed by atoms with Crippen LogP contribution in [0.4, 0.5) is 5.69 Å². The van der Waals surface area contributed by atoms with E-state index in [0.717, 1.165) is 10.6 Å². The number of hydrogen-bond donors (Lipinski definition) is 1. The first-order valence-corrected chi connectivity index (χ1v) is 6.88. The molecule has 2 amide bonds. The highest BCUT2D eigenvalue weighted by atomic mass is 32.2. The summed E-state index contributed by atoms with van der Waals surface area (Å²) >= 11 is 1.33. The lowest BCUT2D eigenvalue weighted by molar-refractivity contribution is -0.118. The van der Waals surface area contributed by atoms with Gasteiger partial charge < -0.3 is 10.2 Å². The number of nitrogens with one attached hydrogen (secondary N) is 1. The van der Waals surface area contributed by atoms with E-state index in [2.05, 4.69) is 5.32 Å². The van der Waals surface area contributed by atoms with Crippen LogP contribution in [-0.2, 0) is 9.59 Å². The molecule has 1 N–H and O–H groups in total. The van der Waals surface area contributed by atoms with E-state index in [0.29, 0.717) is 4.91 Å². The molecule has 1 heterocycles. The Morgan fingerprint density at radius 2 is 2.05 bits per heavy atom. The molecular formula is C14H16N2O2S. The normalized spacial score (nSPS) is 16.7. The first kappa shape index (κ1) is 13.7. The number of benzene rings is 1. The molecule has 0 radical (unpaired) electrons. The van der Waals surface area contributed by atoms with Crippen LogP contribution in [-0.4, -0.2) is 24.9 Å². The van der Waals surface area contributed by atoms with Gasteiger partial charge in [-0.25, -0.2) is 0 Å². The third kappa shape index (κ3) is 2.98. The molecule has 2 rings (SSSR count). The minimum Gasteiger partial charge on any atom is -0.350 e. The van der Waals surface area contributed by atoms with Crippen molar-refractivity contribution in [2.24, 2.45) is 0 Å². The molecule has 0 spiro atoms. The zero-order chi connectivity index (χ0) is 14.0. The first-order chi connectivity index (χ1) is 8.99. The van der Waals surface area contributed by atoms with Crippen LogP contribution < -0.4 is 10.2 Å². The summed E-state index contributed by atoms with van der Waals surface area (Å²) in [5, 5.41) is 2.75. The number of carbonyl (C=O) groups excluding carboxylic acids is 2. The molecule has 1 aromatic rings. The zero-order valence-corrected chi connectivity index (χ0v) is 12.0. The van der Waals surface area contributed by atoms with E-state index in [1.54, 1.807) is 11.9 Å². The van der Waals surface area contributed by atoms with Gasteiger partial charge in [-0.2, -0.15) is 0 Å². The molecule has 5 heteroatoms. The highest BCUT2D eigenvalue weighted by Gasteiger charge is 2.26. The summed E-state index contributed by atoms with van der Waals surface area (Å²) in [5.41, 5.74) is 0.874. The molecule has 0 bridgehead atoms. The summed E-state index contributed by atoms with van der Waals surface area (Å²) < 4.78 is 0. The molecule has 19 heavy (non-hydrogen) atoms. The van der Waals surface area contributed by atoms with E-state index in [9.17, 15) is 9.59 Å². The molecule has 0 fully saturated rings. The Kier molecular flexibility index (Phi) is 3.95. The Balaban J connectivity index is 2.28. The van der Waals surface area contributed by atoms with E-state index in [-0.39, 0.29) is 17.9 Å². The van der Waals surface area contributed by atoms with Gasteiger partial charge in [0.2, 0.25) is 5.91 Å². The number of carbonyl (C=O) groups is 2. The third-order valence-electron chi connectivity index (χ3n) is 2.66. The molecule has 1 aromatic carbocycles. The van der Waals surface area contributed by atoms with Crippen molar-refractivity contribution < 1.29 is 9.59 Å². The fourth-order valence-corrected chi connectivity index (χ4v) is 2.88. The number of nitrogens with zero attached hydrogens (tertiary/aromatic N) is 1. The molecule has 0 unspecified atom stereocenters. The predicted octanol–water partition coefficient (Wildman–Crippen LogP) is 2.16. The van der Waals surface area contributed by atoms with Gasteiger partial charge in [-0.1, -0.05) is 23.9 Å². The van der Waals surface area contributed by atoms with Crippen molar-refractivity contribution in [2.45, 2.75) is 24.8 Å². The average molecular weight is 276 g/mol. The maximum atomic E-state index is 12.2. The molecule has 4 nitrogen and oxygen atoms in total. The monoisotopic (exact) mass is 276 g/mol. The third-order valence-corrected chi connectivity index (χ3v) is 3.73. The maximum absolute atomic E-state index is 12.2. The Labute approximate surface area is 116 Å². The lowest BCUT2D eigenvalue weighted by Crippen LogP contribution is -2.33. The van der Waals surface area contributed by atoms with Gasteiger partial charge in [-0.15, -0.1) is 0 Å². The number of rotatable bonds is 2. The molecule has 1 aliphatic heterocycles. The summed E-state index contributed by atoms with van der Waals surface area (Å²) in [7, 11) is 1.72. The van der Waals surface area contributed by atoms with Crippen molar-refractivity contribution in [1.29, 1.82) is 0 Å². The number of para-hydroxylation sites is 1. The van der Waals surface area contributed by atoms with Crippen LogP contribution in [0.25, 0.3) is 0 Å². The molecule has 1 aliphatic rings. The highest BCUT2D eigenvalue weighted by molar-refractivity contribution is 8.04. The topological polar surface area (TPSA) is 49.4 Å². The van der Waals surface area contributed by atoms with Gasteiger partial charge in [-0.3, -0.25) is 9.59 Å². The maximum Gasteiger partial charge on any atom is 0.265 e. The fraction of sp³-hybridized carbons (Fsp3) is 0.286. The standard InChI is InChI=1S/C14H16N2O2S/c1-9(2)15-13(17)8-12-14(18)16(3)10-6-4-5-7-11(10)19-12/h4-9H,1-3H3,(H,15,17)/b12-8+. The van der Waals surface area contributed by atoms with Crippen LogP contribution in [0.5, 0.6) is 0 Å². The summed E-state index contributed by atoms with van der Waals surface area (Å²) in [6.45, 7) is 3.77. The van der Waals surface area contributed by atoms with E-state index in [1.165, 1.54) is 17.8 Å². The first-order valence-electron chi connectivity index (χ1n) is 6.06. The second-order valence-electron chi connectivity index (χ2n) is 4.61. The number of hydrogen-bond acceptors (Lipinski definition) is 3. The minimum atomic E-state index is -0.237. The smallest absolute Gasteiger partial charge is 0.265 e. The van der Waals surface area contributed by atoms with E-state index >= 15 is 0 Å². The lowest BCUT2D eigenvalue weighted by atomic mass is 10.2. The van der Waals surface area contributed by atoms with Crippen LogP contribution in [0.2, 0.25) is 0 Å². The predicted molar refractivity (Wildman–Crippen MR) is 77.1 cm³/mol. The van der Waals surface area contributed by atoms with Crippen molar-refractivity contribution >= 4 is 29.3 Å². The molecule has 0 saturated carbocycles. The summed E-state index contributed by atoms with van der Waals surface area (Å²) in [4.78, 5) is 26.9. The van der Waals surface area contributed by atoms with Gasteiger partial charge in [-0.05, 0) is 26.0 Å². The number of fused-ring (bicyclic) bond motifs is 1. The molecule has 100 valence electrons. The van der Waals surface area contributed by atoms with Crippen molar-refractivity contribution in [3.8, 4) is 0 Å². The van der Waals surface area contributed by atoms with Crippen LogP contribution >= 0.6 is 11.8 Å². The van der Waals surface area contributed by atoms with Gasteiger partial charge in [0.15, 0.2) is 0 Å².